The fourth-order valence-corrected chi connectivity index (χ4v) is 2.81. The van der Waals surface area contributed by atoms with E-state index in [0.29, 0.717) is 19.1 Å². The number of ether oxygens (including phenoxy) is 2. The van der Waals surface area contributed by atoms with Gasteiger partial charge in [-0.25, -0.2) is 0 Å². The number of rotatable bonds is 2. The molecule has 3 heteroatoms. The lowest BCUT2D eigenvalue weighted by Gasteiger charge is -2.33. The Morgan fingerprint density at radius 2 is 2.18 bits per heavy atom. The molecular formula is C14H19NO2. The van der Waals surface area contributed by atoms with Crippen LogP contribution in [-0.4, -0.2) is 32.6 Å². The molecule has 17 heavy (non-hydrogen) atoms. The first kappa shape index (κ1) is 11.1. The van der Waals surface area contributed by atoms with Gasteiger partial charge in [-0.3, -0.25) is 0 Å². The van der Waals surface area contributed by atoms with Gasteiger partial charge in [0, 0.05) is 18.2 Å². The zero-order valence-corrected chi connectivity index (χ0v) is 10.3. The van der Waals surface area contributed by atoms with Crippen LogP contribution in [0.4, 0.5) is 5.69 Å². The molecule has 0 N–H and O–H groups in total. The molecule has 2 heterocycles. The van der Waals surface area contributed by atoms with Crippen LogP contribution < -0.4 is 4.90 Å². The molecule has 2 aliphatic rings. The van der Waals surface area contributed by atoms with E-state index in [9.17, 15) is 0 Å². The number of para-hydroxylation sites is 1. The minimum Gasteiger partial charge on any atom is -0.374 e. The van der Waals surface area contributed by atoms with Crippen LogP contribution in [0.15, 0.2) is 24.3 Å². The van der Waals surface area contributed by atoms with Crippen molar-refractivity contribution in [3.63, 3.8) is 0 Å². The molecule has 1 aromatic rings. The number of anilines is 1. The summed E-state index contributed by atoms with van der Waals surface area (Å²) in [4.78, 5) is 2.36. The molecule has 1 saturated heterocycles. The quantitative estimate of drug-likeness (QED) is 0.782. The van der Waals surface area contributed by atoms with Gasteiger partial charge < -0.3 is 14.4 Å². The largest absolute Gasteiger partial charge is 0.374 e. The average molecular weight is 233 g/mol. The van der Waals surface area contributed by atoms with Crippen molar-refractivity contribution in [1.82, 2.24) is 0 Å². The molecule has 0 spiro atoms. The van der Waals surface area contributed by atoms with Crippen molar-refractivity contribution in [3.8, 4) is 0 Å². The smallest absolute Gasteiger partial charge is 0.153 e. The van der Waals surface area contributed by atoms with Crippen molar-refractivity contribution < 1.29 is 9.47 Å². The van der Waals surface area contributed by atoms with E-state index in [0.717, 1.165) is 13.2 Å². The molecule has 0 radical (unpaired) electrons. The van der Waals surface area contributed by atoms with Crippen molar-refractivity contribution in [2.75, 3.05) is 31.3 Å². The lowest BCUT2D eigenvalue weighted by molar-refractivity contribution is -0.0879. The highest BCUT2D eigenvalue weighted by molar-refractivity contribution is 5.60. The number of nitrogens with zero attached hydrogens (tertiary/aromatic N) is 1. The van der Waals surface area contributed by atoms with Gasteiger partial charge in [-0.1, -0.05) is 25.1 Å². The van der Waals surface area contributed by atoms with Gasteiger partial charge >= 0.3 is 0 Å². The summed E-state index contributed by atoms with van der Waals surface area (Å²) in [6.45, 7) is 5.43. The number of hydrogen-bond acceptors (Lipinski definition) is 3. The lowest BCUT2D eigenvalue weighted by atomic mass is 9.99. The minimum atomic E-state index is 0.0986. The zero-order chi connectivity index (χ0) is 11.7. The van der Waals surface area contributed by atoms with Gasteiger partial charge in [0.1, 0.15) is 0 Å². The molecule has 0 aliphatic carbocycles. The number of hydrogen-bond donors (Lipinski definition) is 0. The van der Waals surface area contributed by atoms with E-state index in [-0.39, 0.29) is 6.23 Å². The van der Waals surface area contributed by atoms with Crippen LogP contribution >= 0.6 is 0 Å². The molecule has 2 aliphatic heterocycles. The summed E-state index contributed by atoms with van der Waals surface area (Å²) in [6.07, 6.45) is 1.28. The first-order valence-electron chi connectivity index (χ1n) is 6.45. The van der Waals surface area contributed by atoms with E-state index in [1.807, 2.05) is 0 Å². The van der Waals surface area contributed by atoms with E-state index in [1.54, 1.807) is 0 Å². The SMILES string of the molecule is CCC1CN(C2COCCO2)c2ccccc21. The second-order valence-electron chi connectivity index (χ2n) is 4.72. The van der Waals surface area contributed by atoms with Crippen LogP contribution in [0.3, 0.4) is 0 Å². The molecule has 1 aromatic carbocycles. The zero-order valence-electron chi connectivity index (χ0n) is 10.3. The summed E-state index contributed by atoms with van der Waals surface area (Å²) in [5, 5.41) is 0. The molecule has 0 saturated carbocycles. The van der Waals surface area contributed by atoms with E-state index >= 15 is 0 Å². The molecule has 92 valence electrons. The molecular weight excluding hydrogens is 214 g/mol. The summed E-state index contributed by atoms with van der Waals surface area (Å²) >= 11 is 0. The summed E-state index contributed by atoms with van der Waals surface area (Å²) in [7, 11) is 0. The van der Waals surface area contributed by atoms with Crippen LogP contribution in [0.2, 0.25) is 0 Å². The Kier molecular flexibility index (Phi) is 3.04. The van der Waals surface area contributed by atoms with Crippen LogP contribution in [0.1, 0.15) is 24.8 Å². The summed E-state index contributed by atoms with van der Waals surface area (Å²) in [6, 6.07) is 8.67. The summed E-state index contributed by atoms with van der Waals surface area (Å²) in [5.74, 6) is 0.636. The van der Waals surface area contributed by atoms with Gasteiger partial charge in [0.25, 0.3) is 0 Å². The highest BCUT2D eigenvalue weighted by atomic mass is 16.6. The van der Waals surface area contributed by atoms with Crippen LogP contribution in [0.5, 0.6) is 0 Å². The third-order valence-corrected chi connectivity index (χ3v) is 3.74. The molecule has 1 fully saturated rings. The fourth-order valence-electron chi connectivity index (χ4n) is 2.81. The second kappa shape index (κ2) is 4.67. The maximum Gasteiger partial charge on any atom is 0.153 e. The van der Waals surface area contributed by atoms with Crippen molar-refractivity contribution in [2.24, 2.45) is 0 Å². The van der Waals surface area contributed by atoms with Crippen LogP contribution in [-0.2, 0) is 9.47 Å². The van der Waals surface area contributed by atoms with Gasteiger partial charge in [0.15, 0.2) is 6.23 Å². The Labute approximate surface area is 102 Å². The molecule has 2 atom stereocenters. The summed E-state index contributed by atoms with van der Waals surface area (Å²) in [5.41, 5.74) is 2.79. The van der Waals surface area contributed by atoms with E-state index < -0.39 is 0 Å². The van der Waals surface area contributed by atoms with Crippen LogP contribution in [0, 0.1) is 0 Å². The third kappa shape index (κ3) is 1.94. The first-order valence-corrected chi connectivity index (χ1v) is 6.45. The van der Waals surface area contributed by atoms with Crippen molar-refractivity contribution in [1.29, 1.82) is 0 Å². The Balaban J connectivity index is 1.87. The maximum absolute atomic E-state index is 5.81. The Bertz CT molecular complexity index is 388. The summed E-state index contributed by atoms with van der Waals surface area (Å²) < 4.78 is 11.3. The van der Waals surface area contributed by atoms with E-state index in [2.05, 4.69) is 36.1 Å². The molecule has 3 rings (SSSR count). The monoisotopic (exact) mass is 233 g/mol. The lowest BCUT2D eigenvalue weighted by Crippen LogP contribution is -2.43. The normalized spacial score (nSPS) is 28.2. The molecule has 0 aromatic heterocycles. The van der Waals surface area contributed by atoms with E-state index in [4.69, 9.17) is 9.47 Å². The fraction of sp³-hybridized carbons (Fsp3) is 0.571. The Morgan fingerprint density at radius 3 is 2.94 bits per heavy atom. The third-order valence-electron chi connectivity index (χ3n) is 3.74. The van der Waals surface area contributed by atoms with Gasteiger partial charge in [0.05, 0.1) is 19.8 Å². The van der Waals surface area contributed by atoms with Crippen LogP contribution in [0.25, 0.3) is 0 Å². The van der Waals surface area contributed by atoms with Crippen molar-refractivity contribution in [2.45, 2.75) is 25.5 Å². The second-order valence-corrected chi connectivity index (χ2v) is 4.72. The Morgan fingerprint density at radius 1 is 1.29 bits per heavy atom. The van der Waals surface area contributed by atoms with Gasteiger partial charge in [-0.15, -0.1) is 0 Å². The van der Waals surface area contributed by atoms with Gasteiger partial charge in [-0.2, -0.15) is 0 Å². The van der Waals surface area contributed by atoms with Crippen molar-refractivity contribution >= 4 is 5.69 Å². The minimum absolute atomic E-state index is 0.0986. The molecule has 0 bridgehead atoms. The van der Waals surface area contributed by atoms with Gasteiger partial charge in [0.2, 0.25) is 0 Å². The average Bonchev–Trinajstić information content (AvgIpc) is 2.78. The number of benzene rings is 1. The highest BCUT2D eigenvalue weighted by Crippen LogP contribution is 2.39. The van der Waals surface area contributed by atoms with E-state index in [1.165, 1.54) is 17.7 Å². The van der Waals surface area contributed by atoms with Gasteiger partial charge in [-0.05, 0) is 18.1 Å². The predicted octanol–water partition coefficient (Wildman–Crippen LogP) is 2.37. The maximum atomic E-state index is 5.81. The highest BCUT2D eigenvalue weighted by Gasteiger charge is 2.33. The molecule has 3 nitrogen and oxygen atoms in total. The topological polar surface area (TPSA) is 21.7 Å². The first-order chi connectivity index (χ1) is 8.40. The molecule has 0 amide bonds. The molecule has 2 unspecified atom stereocenters. The predicted molar refractivity (Wildman–Crippen MR) is 67.4 cm³/mol. The standard InChI is InChI=1S/C14H19NO2/c1-2-11-9-15(14-10-16-7-8-17-14)13-6-4-3-5-12(11)13/h3-6,11,14H,2,7-10H2,1H3. The van der Waals surface area contributed by atoms with Crippen molar-refractivity contribution in [3.05, 3.63) is 29.8 Å². The number of fused-ring (bicyclic) bond motifs is 1. The Hall–Kier alpha value is -1.06.